The number of ether oxygens (including phenoxy) is 1. The van der Waals surface area contributed by atoms with E-state index in [1.54, 1.807) is 0 Å². The van der Waals surface area contributed by atoms with E-state index in [1.165, 1.54) is 0 Å². The Morgan fingerprint density at radius 1 is 1.47 bits per heavy atom. The minimum absolute atomic E-state index is 0.0270. The lowest BCUT2D eigenvalue weighted by Crippen LogP contribution is -2.37. The molecule has 0 radical (unpaired) electrons. The molecule has 0 unspecified atom stereocenters. The number of pyridine rings is 1. The van der Waals surface area contributed by atoms with Crippen molar-refractivity contribution < 1.29 is 9.84 Å². The summed E-state index contributed by atoms with van der Waals surface area (Å²) in [6.07, 6.45) is 4.09. The van der Waals surface area contributed by atoms with Gasteiger partial charge in [-0.05, 0) is 31.4 Å². The number of hydrogen-bond donors (Lipinski definition) is 2. The van der Waals surface area contributed by atoms with Crippen molar-refractivity contribution in [3.05, 3.63) is 23.9 Å². The van der Waals surface area contributed by atoms with Crippen LogP contribution in [-0.4, -0.2) is 42.5 Å². The number of nitrogens with zero attached hydrogens (tertiary/aromatic N) is 2. The molecule has 2 rings (SSSR count). The highest BCUT2D eigenvalue weighted by atomic mass is 16.5. The standard InChI is InChI=1S/C14H23N3O2/c1-11(15)12-2-3-14(16-10-12)17-6-4-13(5-7-17)19-9-8-18/h2-3,10-11,13,18H,4-9,15H2,1H3/t11-/m0/s1. The Balaban J connectivity index is 1.87. The number of aliphatic hydroxyl groups is 1. The smallest absolute Gasteiger partial charge is 0.128 e. The van der Waals surface area contributed by atoms with Crippen LogP contribution in [0, 0.1) is 0 Å². The highest BCUT2D eigenvalue weighted by Crippen LogP contribution is 2.20. The summed E-state index contributed by atoms with van der Waals surface area (Å²) in [5.74, 6) is 1.00. The molecular formula is C14H23N3O2. The number of piperidine rings is 1. The fourth-order valence-electron chi connectivity index (χ4n) is 2.32. The first-order valence-electron chi connectivity index (χ1n) is 6.89. The lowest BCUT2D eigenvalue weighted by atomic mass is 10.1. The maximum absolute atomic E-state index is 8.74. The van der Waals surface area contributed by atoms with Crippen LogP contribution < -0.4 is 10.6 Å². The first kappa shape index (κ1) is 14.2. The zero-order chi connectivity index (χ0) is 13.7. The Bertz CT molecular complexity index is 373. The van der Waals surface area contributed by atoms with Crippen molar-refractivity contribution >= 4 is 5.82 Å². The number of aromatic nitrogens is 1. The Morgan fingerprint density at radius 2 is 2.21 bits per heavy atom. The number of hydrogen-bond acceptors (Lipinski definition) is 5. The molecule has 0 saturated carbocycles. The van der Waals surface area contributed by atoms with Crippen molar-refractivity contribution in [3.63, 3.8) is 0 Å². The third kappa shape index (κ3) is 3.89. The van der Waals surface area contributed by atoms with Gasteiger partial charge >= 0.3 is 0 Å². The van der Waals surface area contributed by atoms with Gasteiger partial charge in [0.1, 0.15) is 5.82 Å². The summed E-state index contributed by atoms with van der Waals surface area (Å²) in [7, 11) is 0. The van der Waals surface area contributed by atoms with Gasteiger partial charge in [0.05, 0.1) is 19.3 Å². The fraction of sp³-hybridized carbons (Fsp3) is 0.643. The number of anilines is 1. The second kappa shape index (κ2) is 6.84. The zero-order valence-corrected chi connectivity index (χ0v) is 11.5. The van der Waals surface area contributed by atoms with Crippen molar-refractivity contribution in [2.75, 3.05) is 31.2 Å². The van der Waals surface area contributed by atoms with E-state index in [0.29, 0.717) is 6.61 Å². The quantitative estimate of drug-likeness (QED) is 0.833. The van der Waals surface area contributed by atoms with E-state index in [2.05, 4.69) is 9.88 Å². The fourth-order valence-corrected chi connectivity index (χ4v) is 2.32. The van der Waals surface area contributed by atoms with Gasteiger partial charge in [-0.3, -0.25) is 0 Å². The molecule has 0 aromatic carbocycles. The van der Waals surface area contributed by atoms with Crippen LogP contribution in [0.15, 0.2) is 18.3 Å². The van der Waals surface area contributed by atoms with Crippen molar-refractivity contribution in [1.82, 2.24) is 4.98 Å². The largest absolute Gasteiger partial charge is 0.394 e. The summed E-state index contributed by atoms with van der Waals surface area (Å²) in [5, 5.41) is 8.74. The highest BCUT2D eigenvalue weighted by Gasteiger charge is 2.20. The molecule has 1 saturated heterocycles. The molecule has 19 heavy (non-hydrogen) atoms. The van der Waals surface area contributed by atoms with Gasteiger partial charge in [-0.15, -0.1) is 0 Å². The molecule has 0 bridgehead atoms. The lowest BCUT2D eigenvalue weighted by molar-refractivity contribution is 0.0158. The normalized spacial score (nSPS) is 18.6. The molecule has 1 aromatic rings. The molecule has 1 aliphatic heterocycles. The molecule has 1 aliphatic rings. The van der Waals surface area contributed by atoms with Crippen LogP contribution in [0.2, 0.25) is 0 Å². The number of aliphatic hydroxyl groups excluding tert-OH is 1. The van der Waals surface area contributed by atoms with Gasteiger partial charge in [-0.25, -0.2) is 4.98 Å². The molecule has 5 heteroatoms. The first-order chi connectivity index (χ1) is 9.20. The van der Waals surface area contributed by atoms with Gasteiger partial charge in [0, 0.05) is 25.3 Å². The molecule has 106 valence electrons. The van der Waals surface area contributed by atoms with Gasteiger partial charge < -0.3 is 20.5 Å². The van der Waals surface area contributed by atoms with E-state index < -0.39 is 0 Å². The maximum Gasteiger partial charge on any atom is 0.128 e. The molecule has 2 heterocycles. The Morgan fingerprint density at radius 3 is 2.74 bits per heavy atom. The lowest BCUT2D eigenvalue weighted by Gasteiger charge is -2.32. The summed E-state index contributed by atoms with van der Waals surface area (Å²) >= 11 is 0. The van der Waals surface area contributed by atoms with E-state index >= 15 is 0 Å². The molecule has 1 aromatic heterocycles. The third-order valence-electron chi connectivity index (χ3n) is 3.51. The van der Waals surface area contributed by atoms with E-state index in [0.717, 1.165) is 37.3 Å². The second-order valence-corrected chi connectivity index (χ2v) is 5.02. The summed E-state index contributed by atoms with van der Waals surface area (Å²) in [4.78, 5) is 6.74. The molecule has 0 amide bonds. The molecule has 5 nitrogen and oxygen atoms in total. The number of nitrogens with two attached hydrogens (primary N) is 1. The predicted molar refractivity (Wildman–Crippen MR) is 75.1 cm³/mol. The van der Waals surface area contributed by atoms with Crippen molar-refractivity contribution in [2.24, 2.45) is 5.73 Å². The van der Waals surface area contributed by atoms with Crippen LogP contribution in [-0.2, 0) is 4.74 Å². The maximum atomic E-state index is 8.74. The van der Waals surface area contributed by atoms with Crippen LogP contribution in [0.5, 0.6) is 0 Å². The van der Waals surface area contributed by atoms with E-state index in [4.69, 9.17) is 15.6 Å². The van der Waals surface area contributed by atoms with E-state index in [9.17, 15) is 0 Å². The van der Waals surface area contributed by atoms with Gasteiger partial charge in [-0.1, -0.05) is 6.07 Å². The molecular weight excluding hydrogens is 242 g/mol. The van der Waals surface area contributed by atoms with Crippen LogP contribution in [0.3, 0.4) is 0 Å². The Kier molecular flexibility index (Phi) is 5.13. The average Bonchev–Trinajstić information content (AvgIpc) is 2.46. The monoisotopic (exact) mass is 265 g/mol. The second-order valence-electron chi connectivity index (χ2n) is 5.02. The predicted octanol–water partition coefficient (Wildman–Crippen LogP) is 1.08. The molecule has 0 spiro atoms. The molecule has 1 fully saturated rings. The summed E-state index contributed by atoms with van der Waals surface area (Å²) in [6.45, 7) is 4.38. The van der Waals surface area contributed by atoms with Crippen molar-refractivity contribution in [3.8, 4) is 0 Å². The summed E-state index contributed by atoms with van der Waals surface area (Å²) < 4.78 is 5.55. The van der Waals surface area contributed by atoms with E-state index in [-0.39, 0.29) is 18.8 Å². The Hall–Kier alpha value is -1.17. The third-order valence-corrected chi connectivity index (χ3v) is 3.51. The van der Waals surface area contributed by atoms with Crippen LogP contribution in [0.1, 0.15) is 31.4 Å². The molecule has 0 aliphatic carbocycles. The minimum Gasteiger partial charge on any atom is -0.394 e. The van der Waals surface area contributed by atoms with Crippen LogP contribution >= 0.6 is 0 Å². The SMILES string of the molecule is C[C@H](N)c1ccc(N2CCC(OCCO)CC2)nc1. The molecule has 3 N–H and O–H groups in total. The summed E-state index contributed by atoms with van der Waals surface area (Å²) in [6, 6.07) is 4.11. The van der Waals surface area contributed by atoms with Gasteiger partial charge in [0.15, 0.2) is 0 Å². The number of rotatable bonds is 5. The minimum atomic E-state index is 0.0270. The van der Waals surface area contributed by atoms with E-state index in [1.807, 2.05) is 25.3 Å². The van der Waals surface area contributed by atoms with Crippen molar-refractivity contribution in [1.29, 1.82) is 0 Å². The first-order valence-corrected chi connectivity index (χ1v) is 6.89. The average molecular weight is 265 g/mol. The summed E-state index contributed by atoms with van der Waals surface area (Å²) in [5.41, 5.74) is 6.88. The van der Waals surface area contributed by atoms with Crippen molar-refractivity contribution in [2.45, 2.75) is 31.9 Å². The molecule has 1 atom stereocenters. The van der Waals surface area contributed by atoms with Gasteiger partial charge in [-0.2, -0.15) is 0 Å². The van der Waals surface area contributed by atoms with Gasteiger partial charge in [0.25, 0.3) is 0 Å². The van der Waals surface area contributed by atoms with Gasteiger partial charge in [0.2, 0.25) is 0 Å². The highest BCUT2D eigenvalue weighted by molar-refractivity contribution is 5.40. The van der Waals surface area contributed by atoms with Crippen LogP contribution in [0.4, 0.5) is 5.82 Å². The zero-order valence-electron chi connectivity index (χ0n) is 11.5. The Labute approximate surface area is 114 Å². The van der Waals surface area contributed by atoms with Crippen LogP contribution in [0.25, 0.3) is 0 Å². The topological polar surface area (TPSA) is 71.6 Å².